The summed E-state index contributed by atoms with van der Waals surface area (Å²) in [6, 6.07) is 10.7. The van der Waals surface area contributed by atoms with Gasteiger partial charge in [0, 0.05) is 11.3 Å². The predicted molar refractivity (Wildman–Crippen MR) is 89.7 cm³/mol. The highest BCUT2D eigenvalue weighted by atomic mass is 32.1. The summed E-state index contributed by atoms with van der Waals surface area (Å²) in [6.45, 7) is 4.38. The molecule has 2 nitrogen and oxygen atoms in total. The zero-order chi connectivity index (χ0) is 14.9. The van der Waals surface area contributed by atoms with Gasteiger partial charge >= 0.3 is 0 Å². The first-order valence-electron chi connectivity index (χ1n) is 7.91. The zero-order valence-corrected chi connectivity index (χ0v) is 13.7. The lowest BCUT2D eigenvalue weighted by Gasteiger charge is -2.40. The summed E-state index contributed by atoms with van der Waals surface area (Å²) < 4.78 is 0. The number of aromatic nitrogens is 1. The quantitative estimate of drug-likeness (QED) is 0.886. The maximum Gasteiger partial charge on any atom is 0.113 e. The third-order valence-corrected chi connectivity index (χ3v) is 5.72. The molecule has 0 amide bonds. The van der Waals surface area contributed by atoms with Gasteiger partial charge in [0.25, 0.3) is 0 Å². The smallest absolute Gasteiger partial charge is 0.113 e. The molecule has 0 radical (unpaired) electrons. The van der Waals surface area contributed by atoms with Crippen LogP contribution >= 0.6 is 11.3 Å². The Balaban J connectivity index is 1.98. The molecule has 1 aliphatic carbocycles. The molecule has 2 atom stereocenters. The normalized spacial score (nSPS) is 26.2. The molecule has 1 fully saturated rings. The average molecular weight is 300 g/mol. The van der Waals surface area contributed by atoms with E-state index in [1.807, 2.05) is 0 Å². The van der Waals surface area contributed by atoms with E-state index in [0.717, 1.165) is 17.8 Å². The minimum atomic E-state index is -0.294. The topological polar surface area (TPSA) is 38.9 Å². The Kier molecular flexibility index (Phi) is 4.14. The molecule has 2 unspecified atom stereocenters. The van der Waals surface area contributed by atoms with Gasteiger partial charge in [0.1, 0.15) is 5.01 Å². The molecular weight excluding hydrogens is 276 g/mol. The fraction of sp³-hybridized carbons (Fsp3) is 0.500. The lowest BCUT2D eigenvalue weighted by atomic mass is 9.70. The fourth-order valence-electron chi connectivity index (χ4n) is 3.37. The van der Waals surface area contributed by atoms with Crippen LogP contribution in [-0.4, -0.2) is 4.98 Å². The highest BCUT2D eigenvalue weighted by Crippen LogP contribution is 2.46. The summed E-state index contributed by atoms with van der Waals surface area (Å²) in [5, 5.41) is 3.31. The molecule has 1 heterocycles. The number of benzene rings is 1. The predicted octanol–water partition coefficient (Wildman–Crippen LogP) is 4.78. The van der Waals surface area contributed by atoms with Crippen LogP contribution in [0.2, 0.25) is 0 Å². The molecule has 1 aliphatic rings. The van der Waals surface area contributed by atoms with E-state index in [1.165, 1.54) is 24.1 Å². The Morgan fingerprint density at radius 3 is 2.67 bits per heavy atom. The van der Waals surface area contributed by atoms with Crippen LogP contribution in [0.25, 0.3) is 0 Å². The summed E-state index contributed by atoms with van der Waals surface area (Å²) in [4.78, 5) is 4.87. The van der Waals surface area contributed by atoms with Crippen molar-refractivity contribution in [3.05, 3.63) is 52.0 Å². The van der Waals surface area contributed by atoms with E-state index in [1.54, 1.807) is 11.3 Å². The van der Waals surface area contributed by atoms with Gasteiger partial charge in [-0.25, -0.2) is 4.98 Å². The van der Waals surface area contributed by atoms with Crippen molar-refractivity contribution >= 4 is 11.3 Å². The van der Waals surface area contributed by atoms with Gasteiger partial charge in [0.05, 0.1) is 11.2 Å². The van der Waals surface area contributed by atoms with E-state index < -0.39 is 0 Å². The molecule has 3 rings (SSSR count). The number of rotatable bonds is 3. The van der Waals surface area contributed by atoms with Crippen molar-refractivity contribution in [2.24, 2.45) is 5.73 Å². The Labute approximate surface area is 131 Å². The van der Waals surface area contributed by atoms with Crippen molar-refractivity contribution in [3.63, 3.8) is 0 Å². The Hall–Kier alpha value is -1.19. The van der Waals surface area contributed by atoms with Crippen molar-refractivity contribution in [2.75, 3.05) is 0 Å². The largest absolute Gasteiger partial charge is 0.319 e. The van der Waals surface area contributed by atoms with Crippen molar-refractivity contribution in [3.8, 4) is 0 Å². The summed E-state index contributed by atoms with van der Waals surface area (Å²) in [5.74, 6) is 0.857. The highest BCUT2D eigenvalue weighted by molar-refractivity contribution is 7.09. The number of hydrogen-bond donors (Lipinski definition) is 1. The fourth-order valence-corrected chi connectivity index (χ4v) is 4.55. The van der Waals surface area contributed by atoms with Gasteiger partial charge < -0.3 is 5.73 Å². The Bertz CT molecular complexity index is 590. The molecule has 1 aromatic carbocycles. The van der Waals surface area contributed by atoms with Gasteiger partial charge in [0.15, 0.2) is 0 Å². The van der Waals surface area contributed by atoms with Crippen molar-refractivity contribution < 1.29 is 0 Å². The molecule has 2 aromatic rings. The van der Waals surface area contributed by atoms with Gasteiger partial charge in [-0.15, -0.1) is 11.3 Å². The van der Waals surface area contributed by atoms with Crippen LogP contribution in [0.15, 0.2) is 35.7 Å². The summed E-state index contributed by atoms with van der Waals surface area (Å²) in [6.07, 6.45) is 4.67. The Morgan fingerprint density at radius 2 is 2.00 bits per heavy atom. The van der Waals surface area contributed by atoms with Crippen molar-refractivity contribution in [1.29, 1.82) is 0 Å². The van der Waals surface area contributed by atoms with Crippen LogP contribution in [0.4, 0.5) is 0 Å². The van der Waals surface area contributed by atoms with Crippen LogP contribution in [0, 0.1) is 0 Å². The molecule has 0 spiro atoms. The highest BCUT2D eigenvalue weighted by Gasteiger charge is 2.41. The molecular formula is C18H24N2S. The van der Waals surface area contributed by atoms with Gasteiger partial charge in [-0.1, -0.05) is 57.0 Å². The maximum absolute atomic E-state index is 6.92. The molecule has 21 heavy (non-hydrogen) atoms. The monoisotopic (exact) mass is 300 g/mol. The van der Waals surface area contributed by atoms with Gasteiger partial charge in [-0.05, 0) is 24.3 Å². The minimum absolute atomic E-state index is 0.294. The van der Waals surface area contributed by atoms with Crippen LogP contribution in [-0.2, 0) is 5.54 Å². The first kappa shape index (κ1) is 14.7. The summed E-state index contributed by atoms with van der Waals surface area (Å²) >= 11 is 1.75. The zero-order valence-electron chi connectivity index (χ0n) is 12.9. The van der Waals surface area contributed by atoms with Crippen LogP contribution in [0.3, 0.4) is 0 Å². The van der Waals surface area contributed by atoms with E-state index in [9.17, 15) is 0 Å². The number of thiazole rings is 1. The molecule has 0 saturated heterocycles. The lowest BCUT2D eigenvalue weighted by Crippen LogP contribution is -2.45. The first-order valence-corrected chi connectivity index (χ1v) is 8.79. The first-order chi connectivity index (χ1) is 10.1. The second-order valence-corrected chi connectivity index (χ2v) is 7.34. The van der Waals surface area contributed by atoms with Crippen LogP contribution < -0.4 is 5.73 Å². The van der Waals surface area contributed by atoms with Crippen LogP contribution in [0.5, 0.6) is 0 Å². The van der Waals surface area contributed by atoms with E-state index in [2.05, 4.69) is 49.6 Å². The number of nitrogens with two attached hydrogens (primary N) is 1. The van der Waals surface area contributed by atoms with Crippen LogP contribution in [0.1, 0.15) is 67.6 Å². The lowest BCUT2D eigenvalue weighted by molar-refractivity contribution is 0.253. The molecule has 2 N–H and O–H groups in total. The molecule has 3 heteroatoms. The SMILES string of the molecule is CC(C)c1csc(C2(N)CCCCC2c2ccccc2)n1. The standard InChI is InChI=1S/C18H24N2S/c1-13(2)16-12-21-17(20-16)18(19)11-7-6-10-15(18)14-8-4-3-5-9-14/h3-5,8-9,12-13,15H,6-7,10-11,19H2,1-2H3. The third kappa shape index (κ3) is 2.77. The molecule has 0 aliphatic heterocycles. The molecule has 1 aromatic heterocycles. The Morgan fingerprint density at radius 1 is 1.24 bits per heavy atom. The van der Waals surface area contributed by atoms with Crippen molar-refractivity contribution in [2.45, 2.75) is 56.9 Å². The van der Waals surface area contributed by atoms with E-state index in [-0.39, 0.29) is 5.54 Å². The minimum Gasteiger partial charge on any atom is -0.319 e. The molecule has 0 bridgehead atoms. The van der Waals surface area contributed by atoms with E-state index >= 15 is 0 Å². The summed E-state index contributed by atoms with van der Waals surface area (Å²) in [5.41, 5.74) is 9.16. The average Bonchev–Trinajstić information content (AvgIpc) is 2.99. The van der Waals surface area contributed by atoms with Crippen molar-refractivity contribution in [1.82, 2.24) is 4.98 Å². The second-order valence-electron chi connectivity index (χ2n) is 6.48. The third-order valence-electron chi connectivity index (χ3n) is 4.67. The maximum atomic E-state index is 6.92. The summed E-state index contributed by atoms with van der Waals surface area (Å²) in [7, 11) is 0. The van der Waals surface area contributed by atoms with Gasteiger partial charge in [-0.2, -0.15) is 0 Å². The number of hydrogen-bond acceptors (Lipinski definition) is 3. The molecule has 1 saturated carbocycles. The van der Waals surface area contributed by atoms with E-state index in [4.69, 9.17) is 10.7 Å². The van der Waals surface area contributed by atoms with Gasteiger partial charge in [0.2, 0.25) is 0 Å². The van der Waals surface area contributed by atoms with E-state index in [0.29, 0.717) is 11.8 Å². The molecule has 112 valence electrons. The second kappa shape index (κ2) is 5.90. The van der Waals surface area contributed by atoms with Gasteiger partial charge in [-0.3, -0.25) is 0 Å². The number of nitrogens with zero attached hydrogens (tertiary/aromatic N) is 1.